The number of carbonyl (C=O) groups is 1. The van der Waals surface area contributed by atoms with Gasteiger partial charge in [-0.3, -0.25) is 9.69 Å². The zero-order valence-corrected chi connectivity index (χ0v) is 14.4. The number of Topliss-reactive ketones (excluding diaryl/α,β-unsaturated/α-hetero) is 1. The normalized spacial score (nSPS) is 20.3. The maximum absolute atomic E-state index is 13.2. The van der Waals surface area contributed by atoms with Gasteiger partial charge in [-0.05, 0) is 37.9 Å². The molecule has 2 aliphatic rings. The van der Waals surface area contributed by atoms with E-state index in [-0.39, 0.29) is 0 Å². The van der Waals surface area contributed by atoms with Gasteiger partial charge >= 0.3 is 0 Å². The Morgan fingerprint density at radius 2 is 1.88 bits per heavy atom. The molecule has 0 atom stereocenters. The summed E-state index contributed by atoms with van der Waals surface area (Å²) in [6.07, 6.45) is 7.67. The molecule has 2 fully saturated rings. The Bertz CT molecular complexity index is 537. The van der Waals surface area contributed by atoms with Crippen molar-refractivity contribution in [1.29, 1.82) is 0 Å². The lowest BCUT2D eigenvalue weighted by atomic mass is 9.85. The number of ketones is 1. The molecule has 3 rings (SSSR count). The van der Waals surface area contributed by atoms with E-state index >= 15 is 0 Å². The van der Waals surface area contributed by atoms with Crippen molar-refractivity contribution in [3.63, 3.8) is 0 Å². The number of nitrogens with zero attached hydrogens (tertiary/aromatic N) is 3. The van der Waals surface area contributed by atoms with Gasteiger partial charge in [0.2, 0.25) is 5.95 Å². The molecule has 1 aliphatic carbocycles. The molecule has 0 spiro atoms. The maximum atomic E-state index is 13.2. The van der Waals surface area contributed by atoms with Crippen LogP contribution in [0.5, 0.6) is 0 Å². The first kappa shape index (κ1) is 17.3. The van der Waals surface area contributed by atoms with Crippen LogP contribution in [0.4, 0.5) is 10.2 Å². The van der Waals surface area contributed by atoms with Crippen LogP contribution < -0.4 is 4.90 Å². The highest BCUT2D eigenvalue weighted by molar-refractivity contribution is 5.81. The first-order chi connectivity index (χ1) is 11.7. The molecule has 0 radical (unpaired) electrons. The van der Waals surface area contributed by atoms with E-state index in [1.165, 1.54) is 25.3 Å². The van der Waals surface area contributed by atoms with E-state index in [0.717, 1.165) is 64.2 Å². The minimum absolute atomic E-state index is 0.342. The monoisotopic (exact) mass is 333 g/mol. The van der Waals surface area contributed by atoms with Crippen molar-refractivity contribution in [3.05, 3.63) is 24.1 Å². The minimum atomic E-state index is -0.420. The topological polar surface area (TPSA) is 36.4 Å². The van der Waals surface area contributed by atoms with Crippen LogP contribution in [-0.4, -0.2) is 48.4 Å². The maximum Gasteiger partial charge on any atom is 0.214 e. The fourth-order valence-electron chi connectivity index (χ4n) is 3.88. The molecular weight excluding hydrogens is 305 g/mol. The lowest BCUT2D eigenvalue weighted by molar-refractivity contribution is -0.123. The van der Waals surface area contributed by atoms with Gasteiger partial charge < -0.3 is 4.90 Å². The minimum Gasteiger partial charge on any atom is -0.354 e. The number of aromatic nitrogens is 1. The average Bonchev–Trinajstić information content (AvgIpc) is 2.63. The quantitative estimate of drug-likeness (QED) is 0.749. The molecule has 1 aromatic rings. The summed E-state index contributed by atoms with van der Waals surface area (Å²) in [5.41, 5.74) is 0. The van der Waals surface area contributed by atoms with Gasteiger partial charge in [-0.25, -0.2) is 4.98 Å². The third kappa shape index (κ3) is 4.76. The van der Waals surface area contributed by atoms with Crippen LogP contribution in [0.15, 0.2) is 18.2 Å². The van der Waals surface area contributed by atoms with Gasteiger partial charge in [0.05, 0.1) is 0 Å². The summed E-state index contributed by atoms with van der Waals surface area (Å²) in [6, 6.07) is 4.95. The van der Waals surface area contributed by atoms with Crippen LogP contribution in [0.25, 0.3) is 0 Å². The summed E-state index contributed by atoms with van der Waals surface area (Å²) in [5, 5.41) is 0. The lowest BCUT2D eigenvalue weighted by Gasteiger charge is -2.35. The standard InChI is InChI=1S/C19H28FN3O/c20-18-9-4-10-19(21-18)23-14-12-22(13-15-23)11-5-8-17(24)16-6-2-1-3-7-16/h4,9-10,16H,1-3,5-8,11-15H2. The van der Waals surface area contributed by atoms with Crippen molar-refractivity contribution < 1.29 is 9.18 Å². The number of rotatable bonds is 6. The molecule has 0 aromatic carbocycles. The Balaban J connectivity index is 1.36. The second-order valence-corrected chi connectivity index (χ2v) is 7.05. The molecule has 4 nitrogen and oxygen atoms in total. The average molecular weight is 333 g/mol. The second kappa shape index (κ2) is 8.56. The Hall–Kier alpha value is -1.49. The van der Waals surface area contributed by atoms with Gasteiger partial charge in [-0.15, -0.1) is 0 Å². The molecule has 1 saturated carbocycles. The fourth-order valence-corrected chi connectivity index (χ4v) is 3.88. The molecule has 5 heteroatoms. The zero-order valence-electron chi connectivity index (χ0n) is 14.4. The molecule has 0 amide bonds. The van der Waals surface area contributed by atoms with Gasteiger partial charge in [-0.1, -0.05) is 25.3 Å². The highest BCUT2D eigenvalue weighted by atomic mass is 19.1. The van der Waals surface area contributed by atoms with Crippen molar-refractivity contribution >= 4 is 11.6 Å². The van der Waals surface area contributed by atoms with Crippen LogP contribution in [0.1, 0.15) is 44.9 Å². The molecule has 2 heterocycles. The first-order valence-corrected chi connectivity index (χ1v) is 9.35. The van der Waals surface area contributed by atoms with Crippen molar-refractivity contribution in [2.45, 2.75) is 44.9 Å². The zero-order chi connectivity index (χ0) is 16.8. The first-order valence-electron chi connectivity index (χ1n) is 9.35. The van der Waals surface area contributed by atoms with E-state index in [2.05, 4.69) is 14.8 Å². The summed E-state index contributed by atoms with van der Waals surface area (Å²) in [5.74, 6) is 1.13. The second-order valence-electron chi connectivity index (χ2n) is 7.05. The molecule has 0 N–H and O–H groups in total. The third-order valence-corrected chi connectivity index (χ3v) is 5.35. The van der Waals surface area contributed by atoms with Crippen LogP contribution in [0, 0.1) is 11.9 Å². The predicted octanol–water partition coefficient (Wildman–Crippen LogP) is 3.27. The smallest absolute Gasteiger partial charge is 0.214 e. The number of hydrogen-bond donors (Lipinski definition) is 0. The number of hydrogen-bond acceptors (Lipinski definition) is 4. The summed E-state index contributed by atoms with van der Waals surface area (Å²) in [6.45, 7) is 4.63. The Morgan fingerprint density at radius 1 is 1.12 bits per heavy atom. The van der Waals surface area contributed by atoms with Gasteiger partial charge in [0.15, 0.2) is 0 Å². The molecule has 1 aliphatic heterocycles. The lowest BCUT2D eigenvalue weighted by Crippen LogP contribution is -2.47. The highest BCUT2D eigenvalue weighted by Crippen LogP contribution is 2.25. The molecule has 132 valence electrons. The van der Waals surface area contributed by atoms with Crippen molar-refractivity contribution in [2.24, 2.45) is 5.92 Å². The number of halogens is 1. The van der Waals surface area contributed by atoms with Crippen LogP contribution >= 0.6 is 0 Å². The van der Waals surface area contributed by atoms with Gasteiger partial charge in [-0.2, -0.15) is 4.39 Å². The fraction of sp³-hybridized carbons (Fsp3) is 0.684. The van der Waals surface area contributed by atoms with Gasteiger partial charge in [0.1, 0.15) is 11.6 Å². The highest BCUT2D eigenvalue weighted by Gasteiger charge is 2.22. The van der Waals surface area contributed by atoms with E-state index in [1.54, 1.807) is 6.07 Å². The summed E-state index contributed by atoms with van der Waals surface area (Å²) < 4.78 is 13.2. The molecule has 1 aromatic heterocycles. The molecule has 1 saturated heterocycles. The van der Waals surface area contributed by atoms with Crippen molar-refractivity contribution in [1.82, 2.24) is 9.88 Å². The SMILES string of the molecule is O=C(CCCN1CCN(c2cccc(F)n2)CC1)C1CCCCC1. The summed E-state index contributed by atoms with van der Waals surface area (Å²) >= 11 is 0. The third-order valence-electron chi connectivity index (χ3n) is 5.35. The largest absolute Gasteiger partial charge is 0.354 e. The summed E-state index contributed by atoms with van der Waals surface area (Å²) in [7, 11) is 0. The Morgan fingerprint density at radius 3 is 2.58 bits per heavy atom. The van der Waals surface area contributed by atoms with E-state index in [0.29, 0.717) is 11.7 Å². The van der Waals surface area contributed by atoms with Gasteiger partial charge in [0, 0.05) is 38.5 Å². The van der Waals surface area contributed by atoms with Crippen molar-refractivity contribution in [2.75, 3.05) is 37.6 Å². The van der Waals surface area contributed by atoms with E-state index in [9.17, 15) is 9.18 Å². The van der Waals surface area contributed by atoms with Crippen LogP contribution in [-0.2, 0) is 4.79 Å². The molecule has 24 heavy (non-hydrogen) atoms. The Labute approximate surface area is 144 Å². The van der Waals surface area contributed by atoms with Crippen LogP contribution in [0.3, 0.4) is 0 Å². The van der Waals surface area contributed by atoms with Crippen molar-refractivity contribution in [3.8, 4) is 0 Å². The van der Waals surface area contributed by atoms with E-state index in [1.807, 2.05) is 6.07 Å². The predicted molar refractivity (Wildman–Crippen MR) is 93.7 cm³/mol. The van der Waals surface area contributed by atoms with Gasteiger partial charge in [0.25, 0.3) is 0 Å². The number of pyridine rings is 1. The van der Waals surface area contributed by atoms with E-state index in [4.69, 9.17) is 0 Å². The number of carbonyl (C=O) groups excluding carboxylic acids is 1. The Kier molecular flexibility index (Phi) is 6.18. The van der Waals surface area contributed by atoms with E-state index < -0.39 is 5.95 Å². The summed E-state index contributed by atoms with van der Waals surface area (Å²) in [4.78, 5) is 20.7. The molecule has 0 unspecified atom stereocenters. The molecule has 0 bridgehead atoms. The molecular formula is C19H28FN3O. The van der Waals surface area contributed by atoms with Crippen LogP contribution in [0.2, 0.25) is 0 Å². The number of piperazine rings is 1. The number of anilines is 1.